The third kappa shape index (κ3) is 4.41. The second-order valence-electron chi connectivity index (χ2n) is 4.95. The van der Waals surface area contributed by atoms with E-state index in [4.69, 9.17) is 0 Å². The fourth-order valence-electron chi connectivity index (χ4n) is 2.36. The predicted octanol–water partition coefficient (Wildman–Crippen LogP) is 3.45. The predicted molar refractivity (Wildman–Crippen MR) is 54.7 cm³/mol. The average Bonchev–Trinajstić information content (AvgIpc) is 2.08. The van der Waals surface area contributed by atoms with Gasteiger partial charge in [0.2, 0.25) is 0 Å². The molecule has 0 saturated carbocycles. The van der Waals surface area contributed by atoms with Gasteiger partial charge in [0.25, 0.3) is 0 Å². The van der Waals surface area contributed by atoms with E-state index >= 15 is 0 Å². The SMILES string of the molecule is CCCC1(C)CCN(CC(F)(F)F)CC1. The summed E-state index contributed by atoms with van der Waals surface area (Å²) >= 11 is 0. The Bertz CT molecular complexity index is 192. The van der Waals surface area contributed by atoms with Crippen LogP contribution in [0.1, 0.15) is 39.5 Å². The van der Waals surface area contributed by atoms with Crippen LogP contribution in [0.25, 0.3) is 0 Å². The summed E-state index contributed by atoms with van der Waals surface area (Å²) in [6.45, 7) is 4.77. The van der Waals surface area contributed by atoms with Crippen LogP contribution < -0.4 is 0 Å². The van der Waals surface area contributed by atoms with E-state index in [1.165, 1.54) is 4.90 Å². The second kappa shape index (κ2) is 4.73. The van der Waals surface area contributed by atoms with Gasteiger partial charge in [0.1, 0.15) is 0 Å². The molecule has 0 aromatic rings. The molecule has 90 valence electrons. The number of halogens is 3. The Labute approximate surface area is 89.6 Å². The first-order valence-electron chi connectivity index (χ1n) is 5.64. The molecule has 0 amide bonds. The quantitative estimate of drug-likeness (QED) is 0.708. The van der Waals surface area contributed by atoms with Gasteiger partial charge < -0.3 is 0 Å². The molecule has 0 spiro atoms. The molecule has 1 nitrogen and oxygen atoms in total. The van der Waals surface area contributed by atoms with Crippen LogP contribution in [-0.2, 0) is 0 Å². The van der Waals surface area contributed by atoms with Crippen molar-refractivity contribution in [3.8, 4) is 0 Å². The lowest BCUT2D eigenvalue weighted by Crippen LogP contribution is -2.43. The van der Waals surface area contributed by atoms with Crippen LogP contribution in [0.15, 0.2) is 0 Å². The summed E-state index contributed by atoms with van der Waals surface area (Å²) in [7, 11) is 0. The highest BCUT2D eigenvalue weighted by Crippen LogP contribution is 2.36. The molecule has 0 bridgehead atoms. The largest absolute Gasteiger partial charge is 0.401 e. The third-order valence-electron chi connectivity index (χ3n) is 3.32. The van der Waals surface area contributed by atoms with Gasteiger partial charge in [0.15, 0.2) is 0 Å². The molecule has 0 unspecified atom stereocenters. The van der Waals surface area contributed by atoms with E-state index in [0.717, 1.165) is 25.7 Å². The van der Waals surface area contributed by atoms with Crippen molar-refractivity contribution in [1.29, 1.82) is 0 Å². The van der Waals surface area contributed by atoms with Gasteiger partial charge in [-0.3, -0.25) is 4.90 Å². The van der Waals surface area contributed by atoms with Crippen molar-refractivity contribution in [2.45, 2.75) is 45.7 Å². The smallest absolute Gasteiger partial charge is 0.295 e. The van der Waals surface area contributed by atoms with Gasteiger partial charge >= 0.3 is 6.18 Å². The summed E-state index contributed by atoms with van der Waals surface area (Å²) in [5.41, 5.74) is 0.275. The van der Waals surface area contributed by atoms with E-state index in [0.29, 0.717) is 13.1 Å². The van der Waals surface area contributed by atoms with Crippen LogP contribution in [0.3, 0.4) is 0 Å². The van der Waals surface area contributed by atoms with Gasteiger partial charge in [-0.05, 0) is 37.8 Å². The van der Waals surface area contributed by atoms with E-state index in [1.54, 1.807) is 0 Å². The van der Waals surface area contributed by atoms with Crippen LogP contribution in [0, 0.1) is 5.41 Å². The van der Waals surface area contributed by atoms with Crippen LogP contribution in [0.4, 0.5) is 13.2 Å². The molecule has 1 rings (SSSR count). The van der Waals surface area contributed by atoms with Crippen molar-refractivity contribution in [2.24, 2.45) is 5.41 Å². The van der Waals surface area contributed by atoms with Crippen molar-refractivity contribution in [3.63, 3.8) is 0 Å². The molecule has 0 N–H and O–H groups in total. The monoisotopic (exact) mass is 223 g/mol. The second-order valence-corrected chi connectivity index (χ2v) is 4.95. The molecule has 0 aliphatic carbocycles. The highest BCUT2D eigenvalue weighted by atomic mass is 19.4. The van der Waals surface area contributed by atoms with Gasteiger partial charge in [0, 0.05) is 0 Å². The molecule has 0 radical (unpaired) electrons. The minimum atomic E-state index is -4.04. The molecule has 1 saturated heterocycles. The Morgan fingerprint density at radius 2 is 1.73 bits per heavy atom. The van der Waals surface area contributed by atoms with Crippen LogP contribution >= 0.6 is 0 Å². The fourth-order valence-corrected chi connectivity index (χ4v) is 2.36. The first kappa shape index (κ1) is 12.8. The summed E-state index contributed by atoms with van der Waals surface area (Å²) < 4.78 is 36.4. The van der Waals surface area contributed by atoms with Crippen molar-refractivity contribution < 1.29 is 13.2 Å². The van der Waals surface area contributed by atoms with E-state index in [9.17, 15) is 13.2 Å². The lowest BCUT2D eigenvalue weighted by atomic mass is 9.77. The van der Waals surface area contributed by atoms with Crippen molar-refractivity contribution in [2.75, 3.05) is 19.6 Å². The standard InChI is InChI=1S/C11H20F3N/c1-3-4-10(2)5-7-15(8-6-10)9-11(12,13)14/h3-9H2,1-2H3. The number of hydrogen-bond acceptors (Lipinski definition) is 1. The van der Waals surface area contributed by atoms with Gasteiger partial charge in [0.05, 0.1) is 6.54 Å². The Hall–Kier alpha value is -0.250. The van der Waals surface area contributed by atoms with Crippen LogP contribution in [0.2, 0.25) is 0 Å². The van der Waals surface area contributed by atoms with Gasteiger partial charge in [-0.25, -0.2) is 0 Å². The molecule has 1 fully saturated rings. The molecule has 1 heterocycles. The summed E-state index contributed by atoms with van der Waals surface area (Å²) in [6.07, 6.45) is 0.00890. The highest BCUT2D eigenvalue weighted by Gasteiger charge is 2.35. The minimum Gasteiger partial charge on any atom is -0.295 e. The lowest BCUT2D eigenvalue weighted by Gasteiger charge is -2.39. The number of hydrogen-bond donors (Lipinski definition) is 0. The van der Waals surface area contributed by atoms with Crippen LogP contribution in [-0.4, -0.2) is 30.7 Å². The summed E-state index contributed by atoms with van der Waals surface area (Å²) in [6, 6.07) is 0. The molecule has 15 heavy (non-hydrogen) atoms. The molecule has 1 aliphatic heterocycles. The molecule has 4 heteroatoms. The zero-order valence-electron chi connectivity index (χ0n) is 9.53. The van der Waals surface area contributed by atoms with Gasteiger partial charge in [-0.1, -0.05) is 20.3 Å². The van der Waals surface area contributed by atoms with Crippen LogP contribution in [0.5, 0.6) is 0 Å². The van der Waals surface area contributed by atoms with Crippen molar-refractivity contribution >= 4 is 0 Å². The Morgan fingerprint density at radius 1 is 1.20 bits per heavy atom. The zero-order chi connectivity index (χ0) is 11.5. The summed E-state index contributed by atoms with van der Waals surface area (Å²) in [5.74, 6) is 0. The number of likely N-dealkylation sites (tertiary alicyclic amines) is 1. The lowest BCUT2D eigenvalue weighted by molar-refractivity contribution is -0.150. The first-order valence-corrected chi connectivity index (χ1v) is 5.64. The topological polar surface area (TPSA) is 3.24 Å². The maximum Gasteiger partial charge on any atom is 0.401 e. The summed E-state index contributed by atoms with van der Waals surface area (Å²) in [5, 5.41) is 0. The first-order chi connectivity index (χ1) is 6.85. The highest BCUT2D eigenvalue weighted by molar-refractivity contribution is 4.82. The third-order valence-corrected chi connectivity index (χ3v) is 3.32. The van der Waals surface area contributed by atoms with Crippen molar-refractivity contribution in [1.82, 2.24) is 4.90 Å². The Kier molecular flexibility index (Phi) is 4.04. The van der Waals surface area contributed by atoms with Gasteiger partial charge in [-0.2, -0.15) is 13.2 Å². The number of piperidine rings is 1. The molecular weight excluding hydrogens is 203 g/mol. The zero-order valence-corrected chi connectivity index (χ0v) is 9.53. The molecule has 1 aliphatic rings. The number of nitrogens with zero attached hydrogens (tertiary/aromatic N) is 1. The van der Waals surface area contributed by atoms with E-state index in [2.05, 4.69) is 13.8 Å². The number of rotatable bonds is 3. The van der Waals surface area contributed by atoms with Crippen molar-refractivity contribution in [3.05, 3.63) is 0 Å². The Morgan fingerprint density at radius 3 is 2.13 bits per heavy atom. The summed E-state index contributed by atoms with van der Waals surface area (Å²) in [4.78, 5) is 1.53. The molecule has 0 aromatic heterocycles. The molecule has 0 aromatic carbocycles. The Balaban J connectivity index is 2.35. The van der Waals surface area contributed by atoms with E-state index in [-0.39, 0.29) is 5.41 Å². The van der Waals surface area contributed by atoms with E-state index < -0.39 is 12.7 Å². The van der Waals surface area contributed by atoms with E-state index in [1.807, 2.05) is 0 Å². The molecule has 0 atom stereocenters. The number of alkyl halides is 3. The minimum absolute atomic E-state index is 0.275. The maximum atomic E-state index is 12.1. The fraction of sp³-hybridized carbons (Fsp3) is 1.00. The average molecular weight is 223 g/mol. The normalized spacial score (nSPS) is 23.0. The molecular formula is C11H20F3N. The maximum absolute atomic E-state index is 12.1. The van der Waals surface area contributed by atoms with Gasteiger partial charge in [-0.15, -0.1) is 0 Å².